The first kappa shape index (κ1) is 33.3. The Kier molecular flexibility index (Phi) is 6.71. The van der Waals surface area contributed by atoms with E-state index in [1.54, 1.807) is 0 Å². The van der Waals surface area contributed by atoms with Gasteiger partial charge >= 0.3 is 0 Å². The molecule has 0 aliphatic carbocycles. The molecule has 0 atom stereocenters. The third kappa shape index (κ3) is 4.84. The summed E-state index contributed by atoms with van der Waals surface area (Å²) >= 11 is 0. The van der Waals surface area contributed by atoms with Gasteiger partial charge in [-0.2, -0.15) is 0 Å². The van der Waals surface area contributed by atoms with Crippen LogP contribution >= 0.6 is 0 Å². The van der Waals surface area contributed by atoms with Gasteiger partial charge in [0.05, 0.1) is 22.1 Å². The van der Waals surface area contributed by atoms with Crippen LogP contribution in [-0.2, 0) is 0 Å². The molecule has 0 bridgehead atoms. The smallest absolute Gasteiger partial charge is 0.164 e. The maximum absolute atomic E-state index is 6.72. The van der Waals surface area contributed by atoms with Gasteiger partial charge in [-0.25, -0.2) is 15.0 Å². The molecule has 0 aliphatic rings. The van der Waals surface area contributed by atoms with E-state index in [9.17, 15) is 0 Å². The first-order valence-electron chi connectivity index (χ1n) is 20.7. The molecule has 0 N–H and O–H groups in total. The molecule has 0 amide bonds. The standard InChI is InChI=1S/C55H30N4O3/c1-2-12-32-26-44-42(25-31(32)11-1)36-13-3-7-17-43(36)59(44)45-27-35(30-51-52(45)41-16-6-10-20-48(41)62-51)55-57-53(33-21-23-39-37-14-4-8-18-46(37)60-49(39)28-33)56-54(58-55)34-22-24-40-38-15-5-9-19-47(38)61-50(40)29-34/h1-30H. The van der Waals surface area contributed by atoms with Crippen LogP contribution in [0.2, 0.25) is 0 Å². The second-order valence-corrected chi connectivity index (χ2v) is 16.0. The normalized spacial score (nSPS) is 12.2. The summed E-state index contributed by atoms with van der Waals surface area (Å²) in [7, 11) is 0. The first-order chi connectivity index (χ1) is 30.7. The van der Waals surface area contributed by atoms with Crippen LogP contribution in [0.4, 0.5) is 0 Å². The van der Waals surface area contributed by atoms with E-state index in [0.717, 1.165) is 99.2 Å². The van der Waals surface area contributed by atoms with Crippen LogP contribution in [-0.4, -0.2) is 19.5 Å². The summed E-state index contributed by atoms with van der Waals surface area (Å²) in [5.74, 6) is 1.55. The van der Waals surface area contributed by atoms with Crippen LogP contribution in [0, 0.1) is 0 Å². The second kappa shape index (κ2) is 12.5. The zero-order chi connectivity index (χ0) is 40.5. The van der Waals surface area contributed by atoms with Crippen molar-refractivity contribution in [2.75, 3.05) is 0 Å². The topological polar surface area (TPSA) is 83.0 Å². The van der Waals surface area contributed by atoms with Crippen LogP contribution in [0.15, 0.2) is 195 Å². The predicted molar refractivity (Wildman–Crippen MR) is 250 cm³/mol. The van der Waals surface area contributed by atoms with E-state index in [2.05, 4.69) is 126 Å². The Labute approximate surface area is 351 Å². The quantitative estimate of drug-likeness (QED) is 0.176. The van der Waals surface area contributed by atoms with Gasteiger partial charge in [-0.15, -0.1) is 0 Å². The monoisotopic (exact) mass is 794 g/mol. The van der Waals surface area contributed by atoms with E-state index < -0.39 is 0 Å². The van der Waals surface area contributed by atoms with Crippen molar-refractivity contribution in [1.82, 2.24) is 19.5 Å². The number of hydrogen-bond donors (Lipinski definition) is 0. The first-order valence-corrected chi connectivity index (χ1v) is 20.7. The largest absolute Gasteiger partial charge is 0.456 e. The Balaban J connectivity index is 1.05. The Morgan fingerprint density at radius 2 is 0.774 bits per heavy atom. The number of nitrogens with zero attached hydrogens (tertiary/aromatic N) is 4. The molecular weight excluding hydrogens is 765 g/mol. The molecule has 9 aromatic carbocycles. The molecule has 0 radical (unpaired) electrons. The van der Waals surface area contributed by atoms with Crippen molar-refractivity contribution in [3.8, 4) is 39.9 Å². The van der Waals surface area contributed by atoms with Crippen LogP contribution in [0.25, 0.3) is 138 Å². The molecule has 7 nitrogen and oxygen atoms in total. The van der Waals surface area contributed by atoms with E-state index >= 15 is 0 Å². The van der Waals surface area contributed by atoms with Crippen molar-refractivity contribution in [2.24, 2.45) is 0 Å². The van der Waals surface area contributed by atoms with Crippen molar-refractivity contribution < 1.29 is 13.3 Å². The van der Waals surface area contributed by atoms with Crippen molar-refractivity contribution >= 4 is 98.4 Å². The number of rotatable bonds is 4. The van der Waals surface area contributed by atoms with Crippen LogP contribution in [0.3, 0.4) is 0 Å². The van der Waals surface area contributed by atoms with E-state index in [0.29, 0.717) is 17.5 Å². The van der Waals surface area contributed by atoms with E-state index in [1.165, 1.54) is 21.5 Å². The van der Waals surface area contributed by atoms with Gasteiger partial charge in [-0.3, -0.25) is 0 Å². The Morgan fingerprint density at radius 3 is 1.42 bits per heavy atom. The molecule has 0 fully saturated rings. The SMILES string of the molecule is c1ccc2cc3c(cc2c1)c1ccccc1n3-c1cc(-c2nc(-c3ccc4c(c3)oc3ccccc34)nc(-c3ccc4c(c3)oc3ccccc34)n2)cc2oc3ccccc3c12. The van der Waals surface area contributed by atoms with Crippen molar-refractivity contribution in [3.05, 3.63) is 182 Å². The molecular formula is C55H30N4O3. The molecule has 5 aromatic heterocycles. The van der Waals surface area contributed by atoms with E-state index in [1.807, 2.05) is 60.7 Å². The lowest BCUT2D eigenvalue weighted by atomic mass is 10.0. The fourth-order valence-corrected chi connectivity index (χ4v) is 9.55. The minimum atomic E-state index is 0.509. The van der Waals surface area contributed by atoms with Gasteiger partial charge in [0.25, 0.3) is 0 Å². The van der Waals surface area contributed by atoms with Gasteiger partial charge in [-0.1, -0.05) is 109 Å². The molecule has 14 aromatic rings. The molecule has 7 heteroatoms. The third-order valence-corrected chi connectivity index (χ3v) is 12.4. The second-order valence-electron chi connectivity index (χ2n) is 16.0. The molecule has 14 rings (SSSR count). The number of para-hydroxylation sites is 4. The highest BCUT2D eigenvalue weighted by atomic mass is 16.3. The fraction of sp³-hybridized carbons (Fsp3) is 0. The fourth-order valence-electron chi connectivity index (χ4n) is 9.55. The highest BCUT2D eigenvalue weighted by molar-refractivity contribution is 6.17. The number of aromatic nitrogens is 4. The number of benzene rings is 9. The average Bonchev–Trinajstić information content (AvgIpc) is 4.08. The molecule has 0 saturated heterocycles. The number of furan rings is 3. The number of hydrogen-bond acceptors (Lipinski definition) is 6. The molecule has 62 heavy (non-hydrogen) atoms. The predicted octanol–water partition coefficient (Wildman–Crippen LogP) is 14.8. The maximum atomic E-state index is 6.72. The third-order valence-electron chi connectivity index (χ3n) is 12.4. The summed E-state index contributed by atoms with van der Waals surface area (Å²) in [6, 6.07) is 62.8. The lowest BCUT2D eigenvalue weighted by Crippen LogP contribution is -2.01. The van der Waals surface area contributed by atoms with Gasteiger partial charge in [-0.05, 0) is 83.6 Å². The van der Waals surface area contributed by atoms with Gasteiger partial charge < -0.3 is 17.8 Å². The lowest BCUT2D eigenvalue weighted by Gasteiger charge is -2.13. The lowest BCUT2D eigenvalue weighted by molar-refractivity contribution is 0.668. The minimum absolute atomic E-state index is 0.509. The van der Waals surface area contributed by atoms with E-state index in [-0.39, 0.29) is 0 Å². The zero-order valence-corrected chi connectivity index (χ0v) is 32.8. The summed E-state index contributed by atoms with van der Waals surface area (Å²) < 4.78 is 21.8. The Hall–Kier alpha value is -8.55. The van der Waals surface area contributed by atoms with Crippen molar-refractivity contribution in [1.29, 1.82) is 0 Å². The summed E-state index contributed by atoms with van der Waals surface area (Å²) in [5, 5.41) is 11.0. The maximum Gasteiger partial charge on any atom is 0.164 e. The van der Waals surface area contributed by atoms with Gasteiger partial charge in [0.2, 0.25) is 0 Å². The number of fused-ring (bicyclic) bond motifs is 13. The minimum Gasteiger partial charge on any atom is -0.456 e. The van der Waals surface area contributed by atoms with Gasteiger partial charge in [0.15, 0.2) is 17.5 Å². The average molecular weight is 795 g/mol. The molecule has 288 valence electrons. The van der Waals surface area contributed by atoms with Gasteiger partial charge in [0, 0.05) is 54.4 Å². The molecule has 0 saturated carbocycles. The van der Waals surface area contributed by atoms with Crippen LogP contribution in [0.5, 0.6) is 0 Å². The van der Waals surface area contributed by atoms with E-state index in [4.69, 9.17) is 28.2 Å². The Bertz CT molecular complexity index is 4060. The molecule has 0 spiro atoms. The van der Waals surface area contributed by atoms with Crippen LogP contribution in [0.1, 0.15) is 0 Å². The summed E-state index contributed by atoms with van der Waals surface area (Å²) in [5.41, 5.74) is 10.3. The van der Waals surface area contributed by atoms with Crippen molar-refractivity contribution in [2.45, 2.75) is 0 Å². The molecule has 5 heterocycles. The highest BCUT2D eigenvalue weighted by Gasteiger charge is 2.22. The van der Waals surface area contributed by atoms with Crippen molar-refractivity contribution in [3.63, 3.8) is 0 Å². The van der Waals surface area contributed by atoms with Gasteiger partial charge in [0.1, 0.15) is 33.5 Å². The zero-order valence-electron chi connectivity index (χ0n) is 32.8. The summed E-state index contributed by atoms with van der Waals surface area (Å²) in [6.45, 7) is 0. The molecule has 0 aliphatic heterocycles. The Morgan fingerprint density at radius 1 is 0.306 bits per heavy atom. The summed E-state index contributed by atoms with van der Waals surface area (Å²) in [6.07, 6.45) is 0. The summed E-state index contributed by atoms with van der Waals surface area (Å²) in [4.78, 5) is 15.7. The molecule has 0 unspecified atom stereocenters. The van der Waals surface area contributed by atoms with Crippen LogP contribution < -0.4 is 0 Å². The highest BCUT2D eigenvalue weighted by Crippen LogP contribution is 2.42.